The fourth-order valence-corrected chi connectivity index (χ4v) is 3.79. The smallest absolute Gasteiger partial charge is 0.254 e. The maximum atomic E-state index is 12.6. The number of aromatic nitrogens is 1. The number of hydrogen-bond donors (Lipinski definition) is 0. The molecule has 5 nitrogen and oxygen atoms in total. The molecule has 0 unspecified atom stereocenters. The Morgan fingerprint density at radius 3 is 2.88 bits per heavy atom. The lowest BCUT2D eigenvalue weighted by Crippen LogP contribution is -2.67. The van der Waals surface area contributed by atoms with Gasteiger partial charge in [-0.15, -0.1) is 0 Å². The number of amides is 1. The number of rotatable bonds is 4. The topological polar surface area (TPSA) is 51.7 Å². The number of likely N-dealkylation sites (tertiary alicyclic amines) is 1. The molecule has 2 fully saturated rings. The van der Waals surface area contributed by atoms with E-state index in [4.69, 9.17) is 9.47 Å². The molecule has 0 saturated carbocycles. The van der Waals surface area contributed by atoms with Gasteiger partial charge in [-0.05, 0) is 43.2 Å². The van der Waals surface area contributed by atoms with E-state index in [9.17, 15) is 4.79 Å². The van der Waals surface area contributed by atoms with E-state index in [2.05, 4.69) is 4.98 Å². The van der Waals surface area contributed by atoms with Gasteiger partial charge in [0.05, 0.1) is 25.8 Å². The zero-order valence-electron chi connectivity index (χ0n) is 15.1. The summed E-state index contributed by atoms with van der Waals surface area (Å²) in [6.45, 7) is 4.58. The average molecular weight is 352 g/mol. The van der Waals surface area contributed by atoms with E-state index in [0.29, 0.717) is 26.3 Å². The van der Waals surface area contributed by atoms with E-state index in [1.165, 1.54) is 0 Å². The molecular formula is C21H24N2O3. The number of nitrogens with zero attached hydrogens (tertiary/aromatic N) is 2. The van der Waals surface area contributed by atoms with Gasteiger partial charge in [0.2, 0.25) is 0 Å². The molecule has 26 heavy (non-hydrogen) atoms. The van der Waals surface area contributed by atoms with Crippen molar-refractivity contribution in [2.45, 2.75) is 38.1 Å². The van der Waals surface area contributed by atoms with Crippen molar-refractivity contribution in [3.05, 3.63) is 65.5 Å². The summed E-state index contributed by atoms with van der Waals surface area (Å²) in [6, 6.07) is 11.7. The number of aryl methyl sites for hydroxylation is 1. The maximum absolute atomic E-state index is 12.6. The molecule has 136 valence electrons. The first-order valence-electron chi connectivity index (χ1n) is 9.14. The van der Waals surface area contributed by atoms with Crippen molar-refractivity contribution in [2.24, 2.45) is 0 Å². The molecule has 3 heterocycles. The monoisotopic (exact) mass is 352 g/mol. The lowest BCUT2D eigenvalue weighted by molar-refractivity contribution is -0.188. The first-order chi connectivity index (χ1) is 12.6. The predicted octanol–water partition coefficient (Wildman–Crippen LogP) is 2.98. The van der Waals surface area contributed by atoms with Gasteiger partial charge in [0.15, 0.2) is 0 Å². The first kappa shape index (κ1) is 17.2. The Labute approximate surface area is 153 Å². The number of pyridine rings is 1. The molecule has 4 rings (SSSR count). The van der Waals surface area contributed by atoms with E-state index in [0.717, 1.165) is 29.5 Å². The summed E-state index contributed by atoms with van der Waals surface area (Å²) in [7, 11) is 0. The minimum atomic E-state index is -0.235. The highest BCUT2D eigenvalue weighted by Gasteiger charge is 2.49. The Bertz CT molecular complexity index is 772. The first-order valence-corrected chi connectivity index (χ1v) is 9.14. The lowest BCUT2D eigenvalue weighted by Gasteiger charge is -2.53. The van der Waals surface area contributed by atoms with E-state index in [1.54, 1.807) is 12.4 Å². The number of hydrogen-bond acceptors (Lipinski definition) is 4. The van der Waals surface area contributed by atoms with Gasteiger partial charge in [-0.25, -0.2) is 0 Å². The van der Waals surface area contributed by atoms with Gasteiger partial charge in [0, 0.05) is 31.0 Å². The van der Waals surface area contributed by atoms with E-state index in [1.807, 2.05) is 48.2 Å². The van der Waals surface area contributed by atoms with E-state index < -0.39 is 0 Å². The molecule has 2 aromatic rings. The minimum Gasteiger partial charge on any atom is -0.373 e. The normalized spacial score (nSPS) is 21.4. The van der Waals surface area contributed by atoms with Gasteiger partial charge in [-0.2, -0.15) is 0 Å². The predicted molar refractivity (Wildman–Crippen MR) is 97.8 cm³/mol. The van der Waals surface area contributed by atoms with Crippen molar-refractivity contribution in [3.8, 4) is 0 Å². The third-order valence-corrected chi connectivity index (χ3v) is 5.19. The lowest BCUT2D eigenvalue weighted by atomic mass is 9.84. The van der Waals surface area contributed by atoms with Crippen molar-refractivity contribution < 1.29 is 14.3 Å². The highest BCUT2D eigenvalue weighted by Crippen LogP contribution is 2.36. The molecule has 1 aromatic carbocycles. The average Bonchev–Trinajstić information content (AvgIpc) is 2.65. The standard InChI is InChI=1S/C21H24N2O3/c1-16-3-2-4-18(11-16)20(24)23-14-21(15-23)12-19(7-10-26-21)25-13-17-5-8-22-9-6-17/h2-6,8-9,11,19H,7,10,12-15H2,1H3/t19-/m1/s1. The summed E-state index contributed by atoms with van der Waals surface area (Å²) >= 11 is 0. The highest BCUT2D eigenvalue weighted by molar-refractivity contribution is 5.95. The molecule has 0 aliphatic carbocycles. The van der Waals surface area contributed by atoms with Crippen LogP contribution in [0.15, 0.2) is 48.8 Å². The van der Waals surface area contributed by atoms with Gasteiger partial charge in [0.1, 0.15) is 5.60 Å². The van der Waals surface area contributed by atoms with Crippen LogP contribution in [0.5, 0.6) is 0 Å². The summed E-state index contributed by atoms with van der Waals surface area (Å²) in [5, 5.41) is 0. The number of carbonyl (C=O) groups is 1. The molecule has 1 atom stereocenters. The van der Waals surface area contributed by atoms with E-state index in [-0.39, 0.29) is 17.6 Å². The summed E-state index contributed by atoms with van der Waals surface area (Å²) in [4.78, 5) is 18.5. The van der Waals surface area contributed by atoms with Crippen LogP contribution in [-0.2, 0) is 16.1 Å². The second-order valence-electron chi connectivity index (χ2n) is 7.34. The number of carbonyl (C=O) groups excluding carboxylic acids is 1. The molecule has 0 radical (unpaired) electrons. The number of benzene rings is 1. The van der Waals surface area contributed by atoms with Gasteiger partial charge < -0.3 is 14.4 Å². The molecule has 0 bridgehead atoms. The summed E-state index contributed by atoms with van der Waals surface area (Å²) in [6.07, 6.45) is 5.48. The van der Waals surface area contributed by atoms with Gasteiger partial charge >= 0.3 is 0 Å². The van der Waals surface area contributed by atoms with Crippen LogP contribution in [0.2, 0.25) is 0 Å². The molecular weight excluding hydrogens is 328 g/mol. The second kappa shape index (κ2) is 7.17. The van der Waals surface area contributed by atoms with Crippen molar-refractivity contribution >= 4 is 5.91 Å². The molecule has 2 aliphatic rings. The molecule has 5 heteroatoms. The van der Waals surface area contributed by atoms with Crippen molar-refractivity contribution in [1.29, 1.82) is 0 Å². The quantitative estimate of drug-likeness (QED) is 0.849. The minimum absolute atomic E-state index is 0.0859. The Morgan fingerprint density at radius 1 is 1.31 bits per heavy atom. The van der Waals surface area contributed by atoms with Crippen LogP contribution in [0.1, 0.15) is 34.3 Å². The third kappa shape index (κ3) is 3.64. The van der Waals surface area contributed by atoms with Crippen LogP contribution in [-0.4, -0.2) is 47.2 Å². The zero-order valence-corrected chi connectivity index (χ0v) is 15.1. The van der Waals surface area contributed by atoms with Crippen LogP contribution >= 0.6 is 0 Å². The Morgan fingerprint density at radius 2 is 2.12 bits per heavy atom. The van der Waals surface area contributed by atoms with Crippen LogP contribution in [0.4, 0.5) is 0 Å². The van der Waals surface area contributed by atoms with Gasteiger partial charge in [-0.3, -0.25) is 9.78 Å². The highest BCUT2D eigenvalue weighted by atomic mass is 16.5. The maximum Gasteiger partial charge on any atom is 0.254 e. The summed E-state index contributed by atoms with van der Waals surface area (Å²) in [5.74, 6) is 0.0859. The number of ether oxygens (including phenoxy) is 2. The molecule has 0 N–H and O–H groups in total. The molecule has 1 aromatic heterocycles. The van der Waals surface area contributed by atoms with Crippen molar-refractivity contribution in [3.63, 3.8) is 0 Å². The van der Waals surface area contributed by atoms with Crippen molar-refractivity contribution in [1.82, 2.24) is 9.88 Å². The fraction of sp³-hybridized carbons (Fsp3) is 0.429. The van der Waals surface area contributed by atoms with Crippen LogP contribution in [0, 0.1) is 6.92 Å². The summed E-state index contributed by atoms with van der Waals surface area (Å²) in [5.41, 5.74) is 2.75. The molecule has 1 spiro atoms. The Hall–Kier alpha value is -2.24. The van der Waals surface area contributed by atoms with Gasteiger partial charge in [0.25, 0.3) is 5.91 Å². The van der Waals surface area contributed by atoms with Crippen molar-refractivity contribution in [2.75, 3.05) is 19.7 Å². The molecule has 2 aliphatic heterocycles. The SMILES string of the molecule is Cc1cccc(C(=O)N2CC3(C[C@H](OCc4ccncc4)CCO3)C2)c1. The fourth-order valence-electron chi connectivity index (χ4n) is 3.79. The largest absolute Gasteiger partial charge is 0.373 e. The summed E-state index contributed by atoms with van der Waals surface area (Å²) < 4.78 is 12.1. The molecule has 1 amide bonds. The van der Waals surface area contributed by atoms with E-state index >= 15 is 0 Å². The molecule has 2 saturated heterocycles. The van der Waals surface area contributed by atoms with Crippen LogP contribution in [0.3, 0.4) is 0 Å². The van der Waals surface area contributed by atoms with Crippen LogP contribution < -0.4 is 0 Å². The third-order valence-electron chi connectivity index (χ3n) is 5.19. The Balaban J connectivity index is 1.32. The second-order valence-corrected chi connectivity index (χ2v) is 7.34. The van der Waals surface area contributed by atoms with Crippen LogP contribution in [0.25, 0.3) is 0 Å². The van der Waals surface area contributed by atoms with Gasteiger partial charge in [-0.1, -0.05) is 17.7 Å². The Kier molecular flexibility index (Phi) is 4.74. The zero-order chi connectivity index (χ0) is 18.0.